The van der Waals surface area contributed by atoms with Crippen LogP contribution in [0.4, 0.5) is 0 Å². The molecule has 2 unspecified atom stereocenters. The van der Waals surface area contributed by atoms with Gasteiger partial charge in [0.25, 0.3) is 0 Å². The van der Waals surface area contributed by atoms with Crippen LogP contribution in [0, 0.1) is 0 Å². The van der Waals surface area contributed by atoms with Gasteiger partial charge in [-0.1, -0.05) is 121 Å². The lowest BCUT2D eigenvalue weighted by molar-refractivity contribution is 0.0718. The van der Waals surface area contributed by atoms with Crippen LogP contribution in [0.5, 0.6) is 0 Å². The highest BCUT2D eigenvalue weighted by atomic mass is 32.2. The maximum absolute atomic E-state index is 6.33. The van der Waals surface area contributed by atoms with E-state index in [0.29, 0.717) is 0 Å². The number of rotatable bonds is 17. The van der Waals surface area contributed by atoms with Gasteiger partial charge in [0.2, 0.25) is 0 Å². The fourth-order valence-electron chi connectivity index (χ4n) is 6.94. The largest absolute Gasteiger partial charge is 0.368 e. The van der Waals surface area contributed by atoms with Gasteiger partial charge in [-0.15, -0.1) is 23.5 Å². The summed E-state index contributed by atoms with van der Waals surface area (Å²) in [7, 11) is 0. The van der Waals surface area contributed by atoms with E-state index in [4.69, 9.17) is 9.47 Å². The van der Waals surface area contributed by atoms with E-state index >= 15 is 0 Å². The fraction of sp³-hybridized carbons (Fsp3) is 0.429. The van der Waals surface area contributed by atoms with Crippen LogP contribution in [-0.4, -0.2) is 47.1 Å². The number of hydrogen-bond donors (Lipinski definition) is 0. The average molecular weight is 715 g/mol. The minimum Gasteiger partial charge on any atom is -0.368 e. The van der Waals surface area contributed by atoms with E-state index in [1.165, 1.54) is 47.9 Å². The summed E-state index contributed by atoms with van der Waals surface area (Å²) in [6, 6.07) is 44.7. The summed E-state index contributed by atoms with van der Waals surface area (Å²) >= 11 is 8.32. The minimum absolute atomic E-state index is 0.117. The molecule has 0 spiro atoms. The van der Waals surface area contributed by atoms with Crippen molar-refractivity contribution in [3.63, 3.8) is 0 Å². The summed E-state index contributed by atoms with van der Waals surface area (Å²) in [5, 5.41) is 0. The lowest BCUT2D eigenvalue weighted by atomic mass is 9.88. The van der Waals surface area contributed by atoms with Crippen molar-refractivity contribution in [1.82, 2.24) is 0 Å². The highest BCUT2D eigenvalue weighted by Crippen LogP contribution is 2.51. The first-order valence-corrected chi connectivity index (χ1v) is 21.8. The highest BCUT2D eigenvalue weighted by molar-refractivity contribution is 8.03. The Morgan fingerprint density at radius 3 is 1.06 bits per heavy atom. The molecule has 2 atom stereocenters. The summed E-state index contributed by atoms with van der Waals surface area (Å²) < 4.78 is 12.4. The van der Waals surface area contributed by atoms with Crippen molar-refractivity contribution in [2.24, 2.45) is 0 Å². The second-order valence-corrected chi connectivity index (χ2v) is 18.0. The van der Waals surface area contributed by atoms with Crippen molar-refractivity contribution in [2.45, 2.75) is 71.7 Å². The van der Waals surface area contributed by atoms with Crippen LogP contribution in [-0.2, 0) is 19.0 Å². The molecule has 6 rings (SSSR count). The molecule has 2 aliphatic rings. The van der Waals surface area contributed by atoms with Gasteiger partial charge in [-0.25, -0.2) is 0 Å². The van der Waals surface area contributed by atoms with E-state index in [2.05, 4.69) is 168 Å². The van der Waals surface area contributed by atoms with Crippen molar-refractivity contribution >= 4 is 47.0 Å². The fourth-order valence-corrected chi connectivity index (χ4v) is 12.8. The van der Waals surface area contributed by atoms with E-state index in [1.54, 1.807) is 0 Å². The molecule has 2 fully saturated rings. The molecule has 0 radical (unpaired) electrons. The second-order valence-electron chi connectivity index (χ2n) is 12.7. The Morgan fingerprint density at radius 2 is 0.771 bits per heavy atom. The SMILES string of the molecule is c1ccc(C(CCSCCSCCC(SC2CCCCO2)(c2ccccc2)c2ccccc2)(SC2CCCCO2)c2ccccc2)cc1. The summed E-state index contributed by atoms with van der Waals surface area (Å²) in [5.41, 5.74) is 6.05. The molecular formula is C42H50O2S4. The Labute approximate surface area is 306 Å². The first-order valence-electron chi connectivity index (χ1n) is 17.7. The van der Waals surface area contributed by atoms with Gasteiger partial charge < -0.3 is 9.47 Å². The monoisotopic (exact) mass is 714 g/mol. The zero-order valence-electron chi connectivity index (χ0n) is 28.1. The Bertz CT molecular complexity index is 1250. The Balaban J connectivity index is 1.09. The number of benzene rings is 4. The maximum atomic E-state index is 6.33. The van der Waals surface area contributed by atoms with E-state index in [-0.39, 0.29) is 20.4 Å². The molecule has 4 aromatic carbocycles. The van der Waals surface area contributed by atoms with Crippen molar-refractivity contribution in [3.8, 4) is 0 Å². The molecule has 2 aliphatic heterocycles. The maximum Gasteiger partial charge on any atom is 0.104 e. The zero-order valence-corrected chi connectivity index (χ0v) is 31.3. The molecular weight excluding hydrogens is 665 g/mol. The Hall–Kier alpha value is -1.80. The molecule has 0 amide bonds. The van der Waals surface area contributed by atoms with Gasteiger partial charge in [0.1, 0.15) is 10.9 Å². The molecule has 0 saturated carbocycles. The van der Waals surface area contributed by atoms with Gasteiger partial charge in [-0.05, 0) is 85.1 Å². The summed E-state index contributed by atoms with van der Waals surface area (Å²) in [6.07, 6.45) is 9.31. The van der Waals surface area contributed by atoms with Gasteiger partial charge in [-0.3, -0.25) is 0 Å². The molecule has 0 aliphatic carbocycles. The molecule has 0 aromatic heterocycles. The quantitative estimate of drug-likeness (QED) is 0.101. The molecule has 254 valence electrons. The van der Waals surface area contributed by atoms with Crippen molar-refractivity contribution < 1.29 is 9.47 Å². The number of ether oxygens (including phenoxy) is 2. The highest BCUT2D eigenvalue weighted by Gasteiger charge is 2.39. The number of hydrogen-bond acceptors (Lipinski definition) is 6. The predicted molar refractivity (Wildman–Crippen MR) is 214 cm³/mol. The van der Waals surface area contributed by atoms with Gasteiger partial charge in [0, 0.05) is 24.7 Å². The van der Waals surface area contributed by atoms with Gasteiger partial charge in [0.05, 0.1) is 9.49 Å². The van der Waals surface area contributed by atoms with Crippen LogP contribution in [0.2, 0.25) is 0 Å². The number of thioether (sulfide) groups is 4. The molecule has 2 heterocycles. The van der Waals surface area contributed by atoms with Crippen LogP contribution in [0.15, 0.2) is 121 Å². The van der Waals surface area contributed by atoms with Crippen molar-refractivity contribution in [1.29, 1.82) is 0 Å². The smallest absolute Gasteiger partial charge is 0.104 e. The minimum atomic E-state index is -0.117. The average Bonchev–Trinajstić information content (AvgIpc) is 3.17. The molecule has 0 bridgehead atoms. The third-order valence-electron chi connectivity index (χ3n) is 9.47. The summed E-state index contributed by atoms with van der Waals surface area (Å²) in [5.74, 6) is 4.57. The Kier molecular flexibility index (Phi) is 14.2. The van der Waals surface area contributed by atoms with Gasteiger partial charge in [-0.2, -0.15) is 23.5 Å². The Morgan fingerprint density at radius 1 is 0.438 bits per heavy atom. The van der Waals surface area contributed by atoms with Crippen molar-refractivity contribution in [2.75, 3.05) is 36.2 Å². The topological polar surface area (TPSA) is 18.5 Å². The molecule has 2 saturated heterocycles. The summed E-state index contributed by atoms with van der Waals surface area (Å²) in [4.78, 5) is 0. The molecule has 6 heteroatoms. The third kappa shape index (κ3) is 9.50. The molecule has 2 nitrogen and oxygen atoms in total. The summed E-state index contributed by atoms with van der Waals surface area (Å²) in [6.45, 7) is 1.76. The zero-order chi connectivity index (χ0) is 32.7. The second kappa shape index (κ2) is 19.0. The van der Waals surface area contributed by atoms with Crippen LogP contribution < -0.4 is 0 Å². The van der Waals surface area contributed by atoms with Gasteiger partial charge in [0.15, 0.2) is 0 Å². The standard InChI is InChI=1S/C42H50O2S4/c1-5-17-35(18-6-1)41(36-19-7-2-8-20-36,47-39-25-13-15-29-43-39)27-31-45-33-34-46-32-28-42(37-21-9-3-10-22-37,38-23-11-4-12-24-38)48-40-26-14-16-30-44-40/h1-12,17-24,39-40H,13-16,25-34H2. The predicted octanol–water partition coefficient (Wildman–Crippen LogP) is 11.6. The van der Waals surface area contributed by atoms with Crippen LogP contribution >= 0.6 is 47.0 Å². The van der Waals surface area contributed by atoms with Crippen LogP contribution in [0.3, 0.4) is 0 Å². The van der Waals surface area contributed by atoms with E-state index < -0.39 is 0 Å². The lowest BCUT2D eigenvalue weighted by Gasteiger charge is -2.39. The molecule has 0 N–H and O–H groups in total. The first kappa shape index (κ1) is 36.0. The third-order valence-corrected chi connectivity index (χ3v) is 15.1. The normalized spacial score (nSPS) is 18.8. The van der Waals surface area contributed by atoms with E-state index in [0.717, 1.165) is 61.9 Å². The van der Waals surface area contributed by atoms with E-state index in [1.807, 2.05) is 0 Å². The molecule has 4 aromatic rings. The molecule has 48 heavy (non-hydrogen) atoms. The van der Waals surface area contributed by atoms with Crippen LogP contribution in [0.1, 0.15) is 73.6 Å². The van der Waals surface area contributed by atoms with Crippen molar-refractivity contribution in [3.05, 3.63) is 144 Å². The lowest BCUT2D eigenvalue weighted by Crippen LogP contribution is -2.30. The van der Waals surface area contributed by atoms with Crippen LogP contribution in [0.25, 0.3) is 0 Å². The van der Waals surface area contributed by atoms with Gasteiger partial charge >= 0.3 is 0 Å². The van der Waals surface area contributed by atoms with E-state index in [9.17, 15) is 0 Å². The first-order chi connectivity index (χ1) is 23.8.